The minimum Gasteiger partial charge on any atom is -0.508 e. The van der Waals surface area contributed by atoms with E-state index >= 15 is 0 Å². The maximum atomic E-state index is 12.1. The van der Waals surface area contributed by atoms with Gasteiger partial charge < -0.3 is 14.4 Å². The molecule has 3 rings (SSSR count). The number of aromatic hydroxyl groups is 1. The molecule has 0 aliphatic rings. The normalized spacial score (nSPS) is 12.5. The van der Waals surface area contributed by atoms with Gasteiger partial charge in [0.15, 0.2) is 6.04 Å². The largest absolute Gasteiger partial charge is 0.508 e. The molecule has 0 bridgehead atoms. The molecular weight excluding hydrogens is 304 g/mol. The van der Waals surface area contributed by atoms with Crippen molar-refractivity contribution in [2.45, 2.75) is 12.6 Å². The summed E-state index contributed by atoms with van der Waals surface area (Å²) < 4.78 is 6.87. The zero-order chi connectivity index (χ0) is 16.9. The predicted octanol–water partition coefficient (Wildman–Crippen LogP) is 3.01. The Morgan fingerprint density at radius 2 is 1.96 bits per heavy atom. The third kappa shape index (κ3) is 3.46. The second-order valence-electron chi connectivity index (χ2n) is 5.44. The molecule has 0 aliphatic carbocycles. The number of esters is 1. The van der Waals surface area contributed by atoms with Crippen LogP contribution < -0.4 is 0 Å². The van der Waals surface area contributed by atoms with Crippen molar-refractivity contribution in [3.05, 3.63) is 66.4 Å². The van der Waals surface area contributed by atoms with E-state index in [4.69, 9.17) is 4.74 Å². The molecule has 0 amide bonds. The molecule has 0 fully saturated rings. The average Bonchev–Trinajstić information content (AvgIpc) is 3.02. The fraction of sp³-hybridized carbons (Fsp3) is 0.158. The van der Waals surface area contributed by atoms with Crippen LogP contribution in [-0.4, -0.2) is 35.0 Å². The molecule has 1 atom stereocenters. The van der Waals surface area contributed by atoms with E-state index in [1.807, 2.05) is 41.1 Å². The molecule has 2 aromatic carbocycles. The Morgan fingerprint density at radius 3 is 2.71 bits per heavy atom. The first kappa shape index (κ1) is 15.8. The second-order valence-corrected chi connectivity index (χ2v) is 5.44. The molecule has 122 valence electrons. The minimum absolute atomic E-state index is 0.190. The molecule has 24 heavy (non-hydrogen) atoms. The lowest BCUT2D eigenvalue weighted by Gasteiger charge is -2.12. The van der Waals surface area contributed by atoms with Crippen LogP contribution in [-0.2, 0) is 16.1 Å². The summed E-state index contributed by atoms with van der Waals surface area (Å²) in [6, 6.07) is 16.0. The van der Waals surface area contributed by atoms with Gasteiger partial charge in [-0.2, -0.15) is 0 Å². The fourth-order valence-electron chi connectivity index (χ4n) is 2.54. The van der Waals surface area contributed by atoms with E-state index in [0.717, 1.165) is 16.5 Å². The van der Waals surface area contributed by atoms with Gasteiger partial charge in [0, 0.05) is 17.9 Å². The van der Waals surface area contributed by atoms with E-state index in [1.165, 1.54) is 7.11 Å². The van der Waals surface area contributed by atoms with Crippen LogP contribution in [0.3, 0.4) is 0 Å². The summed E-state index contributed by atoms with van der Waals surface area (Å²) in [4.78, 5) is 16.4. The third-order valence-electron chi connectivity index (χ3n) is 3.82. The molecule has 0 saturated carbocycles. The predicted molar refractivity (Wildman–Crippen MR) is 93.4 cm³/mol. The first-order valence-corrected chi connectivity index (χ1v) is 7.61. The van der Waals surface area contributed by atoms with Crippen molar-refractivity contribution in [2.75, 3.05) is 7.11 Å². The number of methoxy groups -OCH3 is 1. The summed E-state index contributed by atoms with van der Waals surface area (Å²) in [7, 11) is 1.36. The van der Waals surface area contributed by atoms with Crippen LogP contribution in [0.5, 0.6) is 5.75 Å². The van der Waals surface area contributed by atoms with E-state index in [2.05, 4.69) is 4.99 Å². The van der Waals surface area contributed by atoms with E-state index in [1.54, 1.807) is 30.5 Å². The highest BCUT2D eigenvalue weighted by Gasteiger charge is 2.18. The monoisotopic (exact) mass is 322 g/mol. The highest BCUT2D eigenvalue weighted by molar-refractivity contribution is 5.84. The molecule has 0 radical (unpaired) electrons. The van der Waals surface area contributed by atoms with Crippen molar-refractivity contribution in [1.82, 2.24) is 4.57 Å². The van der Waals surface area contributed by atoms with Crippen LogP contribution in [0.15, 0.2) is 65.8 Å². The van der Waals surface area contributed by atoms with E-state index in [9.17, 15) is 9.90 Å². The topological polar surface area (TPSA) is 63.8 Å². The smallest absolute Gasteiger partial charge is 0.332 e. The summed E-state index contributed by atoms with van der Waals surface area (Å²) in [5.41, 5.74) is 1.85. The summed E-state index contributed by atoms with van der Waals surface area (Å²) >= 11 is 0. The number of phenolic OH excluding ortho intramolecular Hbond substituents is 1. The SMILES string of the molecule is COC(=O)[C@H](Cn1ccc2ccccc21)N=Cc1ccc(O)cc1. The van der Waals surface area contributed by atoms with Crippen molar-refractivity contribution in [2.24, 2.45) is 4.99 Å². The number of para-hydroxylation sites is 1. The van der Waals surface area contributed by atoms with Crippen molar-refractivity contribution in [3.8, 4) is 5.75 Å². The fourth-order valence-corrected chi connectivity index (χ4v) is 2.54. The lowest BCUT2D eigenvalue weighted by Crippen LogP contribution is -2.25. The Kier molecular flexibility index (Phi) is 4.61. The lowest BCUT2D eigenvalue weighted by molar-refractivity contribution is -0.142. The Hall–Kier alpha value is -3.08. The molecule has 1 heterocycles. The van der Waals surface area contributed by atoms with Gasteiger partial charge in [-0.1, -0.05) is 18.2 Å². The van der Waals surface area contributed by atoms with Gasteiger partial charge >= 0.3 is 5.97 Å². The van der Waals surface area contributed by atoms with Gasteiger partial charge in [-0.25, -0.2) is 4.79 Å². The van der Waals surface area contributed by atoms with Crippen LogP contribution in [0.4, 0.5) is 0 Å². The number of aliphatic imine (C=N–C) groups is 1. The third-order valence-corrected chi connectivity index (χ3v) is 3.82. The van der Waals surface area contributed by atoms with Crippen molar-refractivity contribution < 1.29 is 14.6 Å². The molecule has 0 unspecified atom stereocenters. The van der Waals surface area contributed by atoms with E-state index < -0.39 is 6.04 Å². The number of phenols is 1. The quantitative estimate of drug-likeness (QED) is 0.580. The molecule has 3 aromatic rings. The van der Waals surface area contributed by atoms with Gasteiger partial charge in [-0.15, -0.1) is 0 Å². The Morgan fingerprint density at radius 1 is 1.21 bits per heavy atom. The number of hydrogen-bond acceptors (Lipinski definition) is 4. The van der Waals surface area contributed by atoms with E-state index in [-0.39, 0.29) is 11.7 Å². The highest BCUT2D eigenvalue weighted by atomic mass is 16.5. The number of carbonyl (C=O) groups is 1. The van der Waals surface area contributed by atoms with Crippen molar-refractivity contribution in [1.29, 1.82) is 0 Å². The van der Waals surface area contributed by atoms with Crippen LogP contribution >= 0.6 is 0 Å². The number of carbonyl (C=O) groups excluding carboxylic acids is 1. The van der Waals surface area contributed by atoms with Crippen molar-refractivity contribution >= 4 is 23.1 Å². The second kappa shape index (κ2) is 7.00. The zero-order valence-corrected chi connectivity index (χ0v) is 13.3. The van der Waals surface area contributed by atoms with Gasteiger partial charge in [0.05, 0.1) is 13.7 Å². The number of rotatable bonds is 5. The van der Waals surface area contributed by atoms with Gasteiger partial charge in [0.2, 0.25) is 0 Å². The van der Waals surface area contributed by atoms with Crippen LogP contribution in [0, 0.1) is 0 Å². The Labute approximate surface area is 139 Å². The number of aromatic nitrogens is 1. The maximum Gasteiger partial charge on any atom is 0.332 e. The molecule has 1 N–H and O–H groups in total. The molecule has 5 nitrogen and oxygen atoms in total. The summed E-state index contributed by atoms with van der Waals surface area (Å²) in [5.74, 6) is -0.196. The summed E-state index contributed by atoms with van der Waals surface area (Å²) in [6.45, 7) is 0.398. The van der Waals surface area contributed by atoms with Crippen LogP contribution in [0.2, 0.25) is 0 Å². The highest BCUT2D eigenvalue weighted by Crippen LogP contribution is 2.16. The number of ether oxygens (including phenoxy) is 1. The van der Waals surface area contributed by atoms with E-state index in [0.29, 0.717) is 6.54 Å². The first-order chi connectivity index (χ1) is 11.7. The average molecular weight is 322 g/mol. The van der Waals surface area contributed by atoms with Gasteiger partial charge in [-0.05, 0) is 47.3 Å². The van der Waals surface area contributed by atoms with Gasteiger partial charge in [-0.3, -0.25) is 4.99 Å². The van der Waals surface area contributed by atoms with Crippen LogP contribution in [0.1, 0.15) is 5.56 Å². The van der Waals surface area contributed by atoms with Gasteiger partial charge in [0.1, 0.15) is 5.75 Å². The Bertz CT molecular complexity index is 866. The Balaban J connectivity index is 1.84. The number of nitrogens with zero attached hydrogens (tertiary/aromatic N) is 2. The van der Waals surface area contributed by atoms with Gasteiger partial charge in [0.25, 0.3) is 0 Å². The minimum atomic E-state index is -0.639. The number of fused-ring (bicyclic) bond motifs is 1. The van der Waals surface area contributed by atoms with Crippen molar-refractivity contribution in [3.63, 3.8) is 0 Å². The molecule has 1 aromatic heterocycles. The molecular formula is C19H18N2O3. The standard InChI is InChI=1S/C19H18N2O3/c1-24-19(23)17(20-12-14-6-8-16(22)9-7-14)13-21-11-10-15-4-2-3-5-18(15)21/h2-12,17,22H,13H2,1H3/t17-/m0/s1. The molecule has 0 spiro atoms. The molecule has 0 saturated heterocycles. The maximum absolute atomic E-state index is 12.1. The molecule has 0 aliphatic heterocycles. The zero-order valence-electron chi connectivity index (χ0n) is 13.3. The number of benzene rings is 2. The first-order valence-electron chi connectivity index (χ1n) is 7.61. The summed E-state index contributed by atoms with van der Waals surface area (Å²) in [6.07, 6.45) is 3.56. The summed E-state index contributed by atoms with van der Waals surface area (Å²) in [5, 5.41) is 10.4. The number of hydrogen-bond donors (Lipinski definition) is 1. The van der Waals surface area contributed by atoms with Crippen LogP contribution in [0.25, 0.3) is 10.9 Å². The lowest BCUT2D eigenvalue weighted by atomic mass is 10.2. The molecule has 5 heteroatoms.